The first-order valence-corrected chi connectivity index (χ1v) is 11.8. The van der Waals surface area contributed by atoms with Gasteiger partial charge in [-0.15, -0.1) is 0 Å². The first-order chi connectivity index (χ1) is 16.9. The maximum absolute atomic E-state index is 13.3. The van der Waals surface area contributed by atoms with Crippen molar-refractivity contribution in [3.8, 4) is 0 Å². The number of hydrogen-bond acceptors (Lipinski definition) is 5. The summed E-state index contributed by atoms with van der Waals surface area (Å²) >= 11 is 0. The average Bonchev–Trinajstić information content (AvgIpc) is 3.22. The van der Waals surface area contributed by atoms with Gasteiger partial charge in [-0.2, -0.15) is 5.10 Å². The van der Waals surface area contributed by atoms with E-state index in [1.54, 1.807) is 10.7 Å². The summed E-state index contributed by atoms with van der Waals surface area (Å²) in [7, 11) is 1.86. The molecule has 35 heavy (non-hydrogen) atoms. The molecule has 0 unspecified atom stereocenters. The molecule has 0 aliphatic carbocycles. The predicted molar refractivity (Wildman–Crippen MR) is 139 cm³/mol. The minimum Gasteiger partial charge on any atom is -0.364 e. The van der Waals surface area contributed by atoms with Crippen LogP contribution in [0.15, 0.2) is 48.7 Å². The second-order valence-corrected chi connectivity index (χ2v) is 8.37. The van der Waals surface area contributed by atoms with E-state index in [1.165, 1.54) is 0 Å². The number of nitrogens with two attached hydrogens (primary N) is 1. The topological polar surface area (TPSA) is 115 Å². The van der Waals surface area contributed by atoms with Gasteiger partial charge in [-0.3, -0.25) is 14.3 Å². The van der Waals surface area contributed by atoms with Crippen molar-refractivity contribution in [2.75, 3.05) is 10.6 Å². The lowest BCUT2D eigenvalue weighted by atomic mass is 9.97. The number of aromatic nitrogens is 3. The maximum Gasteiger partial charge on any atom is 0.267 e. The van der Waals surface area contributed by atoms with Crippen molar-refractivity contribution in [3.63, 3.8) is 0 Å². The zero-order chi connectivity index (χ0) is 25.1. The average molecular weight is 471 g/mol. The molecule has 0 aliphatic rings. The first-order valence-electron chi connectivity index (χ1n) is 11.8. The van der Waals surface area contributed by atoms with Crippen molar-refractivity contribution in [1.29, 1.82) is 0 Å². The van der Waals surface area contributed by atoms with Crippen LogP contribution >= 0.6 is 0 Å². The molecule has 0 saturated carbocycles. The van der Waals surface area contributed by atoms with Crippen LogP contribution in [0, 0.1) is 0 Å². The molecule has 2 aromatic carbocycles. The van der Waals surface area contributed by atoms with Crippen LogP contribution in [-0.2, 0) is 26.3 Å². The molecule has 0 saturated heterocycles. The molecule has 0 spiro atoms. The monoisotopic (exact) mass is 470 g/mol. The van der Waals surface area contributed by atoms with Gasteiger partial charge < -0.3 is 16.4 Å². The molecule has 4 rings (SSSR count). The summed E-state index contributed by atoms with van der Waals surface area (Å²) in [6, 6.07) is 12.9. The molecule has 8 heteroatoms. The lowest BCUT2D eigenvalue weighted by Gasteiger charge is -2.21. The van der Waals surface area contributed by atoms with E-state index in [2.05, 4.69) is 27.6 Å². The Morgan fingerprint density at radius 3 is 2.43 bits per heavy atom. The summed E-state index contributed by atoms with van der Waals surface area (Å²) in [5, 5.41) is 11.9. The van der Waals surface area contributed by atoms with E-state index in [9.17, 15) is 9.59 Å². The number of amides is 2. The molecule has 0 atom stereocenters. The van der Waals surface area contributed by atoms with E-state index in [0.717, 1.165) is 39.8 Å². The Bertz CT molecular complexity index is 1420. The van der Waals surface area contributed by atoms with Crippen molar-refractivity contribution in [1.82, 2.24) is 14.8 Å². The molecular formula is C27H30N6O2. The minimum absolute atomic E-state index is 0.251. The third-order valence-electron chi connectivity index (χ3n) is 6.07. The molecule has 4 N–H and O–H groups in total. The largest absolute Gasteiger partial charge is 0.364 e. The number of carbonyl (C=O) groups is 2. The fourth-order valence-corrected chi connectivity index (χ4v) is 4.43. The molecule has 0 aliphatic heterocycles. The molecule has 0 radical (unpaired) electrons. The van der Waals surface area contributed by atoms with Crippen LogP contribution in [0.5, 0.6) is 0 Å². The van der Waals surface area contributed by atoms with Gasteiger partial charge in [0.05, 0.1) is 16.8 Å². The zero-order valence-electron chi connectivity index (χ0n) is 20.5. The van der Waals surface area contributed by atoms with E-state index in [-0.39, 0.29) is 11.6 Å². The number of primary amides is 1. The second kappa shape index (κ2) is 9.97. The first kappa shape index (κ1) is 23.9. The number of benzene rings is 2. The van der Waals surface area contributed by atoms with E-state index in [1.807, 2.05) is 63.5 Å². The highest BCUT2D eigenvalue weighted by molar-refractivity contribution is 6.09. The SMILES string of the molecule is CCc1nc(C(N)=O)c(CC)c(Nc2ccccc2C(=O)Nc2ccc3cn(C)nc3c2)c1CC. The number of para-hydroxylation sites is 1. The van der Waals surface area contributed by atoms with Gasteiger partial charge in [-0.05, 0) is 55.2 Å². The maximum atomic E-state index is 13.3. The molecule has 4 aromatic rings. The van der Waals surface area contributed by atoms with Gasteiger partial charge in [-0.25, -0.2) is 4.98 Å². The molecule has 8 nitrogen and oxygen atoms in total. The molecule has 2 aromatic heterocycles. The van der Waals surface area contributed by atoms with Gasteiger partial charge in [0.15, 0.2) is 0 Å². The fraction of sp³-hybridized carbons (Fsp3) is 0.259. The van der Waals surface area contributed by atoms with Crippen molar-refractivity contribution in [3.05, 3.63) is 76.7 Å². The van der Waals surface area contributed by atoms with E-state index in [0.29, 0.717) is 29.8 Å². The third-order valence-corrected chi connectivity index (χ3v) is 6.07. The van der Waals surface area contributed by atoms with Gasteiger partial charge in [0.1, 0.15) is 5.69 Å². The Balaban J connectivity index is 1.73. The zero-order valence-corrected chi connectivity index (χ0v) is 20.5. The number of pyridine rings is 1. The number of rotatable bonds is 8. The third kappa shape index (κ3) is 4.73. The molecule has 0 fully saturated rings. The fourth-order valence-electron chi connectivity index (χ4n) is 4.43. The highest BCUT2D eigenvalue weighted by Crippen LogP contribution is 2.32. The summed E-state index contributed by atoms with van der Waals surface area (Å²) in [5.74, 6) is -0.808. The van der Waals surface area contributed by atoms with Crippen LogP contribution in [0.3, 0.4) is 0 Å². The number of aryl methyl sites for hydroxylation is 2. The highest BCUT2D eigenvalue weighted by Gasteiger charge is 2.21. The van der Waals surface area contributed by atoms with Gasteiger partial charge in [0, 0.05) is 41.3 Å². The Kier molecular flexibility index (Phi) is 6.82. The number of anilines is 3. The van der Waals surface area contributed by atoms with Crippen molar-refractivity contribution >= 4 is 39.8 Å². The molecular weight excluding hydrogens is 440 g/mol. The van der Waals surface area contributed by atoms with Crippen LogP contribution < -0.4 is 16.4 Å². The summed E-state index contributed by atoms with van der Waals surface area (Å²) < 4.78 is 1.74. The van der Waals surface area contributed by atoms with Crippen LogP contribution in [0.25, 0.3) is 10.9 Å². The molecule has 2 heterocycles. The van der Waals surface area contributed by atoms with E-state index >= 15 is 0 Å². The summed E-state index contributed by atoms with van der Waals surface area (Å²) in [5.41, 5.74) is 11.9. The summed E-state index contributed by atoms with van der Waals surface area (Å²) in [4.78, 5) is 30.1. The van der Waals surface area contributed by atoms with E-state index < -0.39 is 5.91 Å². The van der Waals surface area contributed by atoms with Gasteiger partial charge >= 0.3 is 0 Å². The highest BCUT2D eigenvalue weighted by atomic mass is 16.2. The van der Waals surface area contributed by atoms with E-state index in [4.69, 9.17) is 5.73 Å². The standard InChI is InChI=1S/C27H30N6O2/c1-5-18-21(7-3)30-25(26(28)34)19(6-2)24(18)31-22-11-9-8-10-20(22)27(35)29-17-13-12-16-15-33(4)32-23(16)14-17/h8-15H,5-7H2,1-4H3,(H2,28,34)(H,29,35)(H,30,31). The molecule has 2 amide bonds. The Morgan fingerprint density at radius 1 is 1.00 bits per heavy atom. The predicted octanol–water partition coefficient (Wildman–Crippen LogP) is 4.75. The smallest absolute Gasteiger partial charge is 0.267 e. The molecule has 0 bridgehead atoms. The lowest BCUT2D eigenvalue weighted by Crippen LogP contribution is -2.20. The van der Waals surface area contributed by atoms with Crippen molar-refractivity contribution < 1.29 is 9.59 Å². The minimum atomic E-state index is -0.557. The Labute approximate surface area is 204 Å². The Morgan fingerprint density at radius 2 is 1.74 bits per heavy atom. The summed E-state index contributed by atoms with van der Waals surface area (Å²) in [6.45, 7) is 6.02. The van der Waals surface area contributed by atoms with Crippen LogP contribution in [0.1, 0.15) is 58.4 Å². The normalized spacial score (nSPS) is 11.0. The van der Waals surface area contributed by atoms with Gasteiger partial charge in [-0.1, -0.05) is 32.9 Å². The number of nitrogens with one attached hydrogen (secondary N) is 2. The van der Waals surface area contributed by atoms with Crippen molar-refractivity contribution in [2.45, 2.75) is 40.0 Å². The molecule has 180 valence electrons. The number of nitrogens with zero attached hydrogens (tertiary/aromatic N) is 3. The van der Waals surface area contributed by atoms with Gasteiger partial charge in [0.2, 0.25) is 0 Å². The summed E-state index contributed by atoms with van der Waals surface area (Å²) in [6.07, 6.45) is 3.89. The quantitative estimate of drug-likeness (QED) is 0.344. The van der Waals surface area contributed by atoms with Crippen molar-refractivity contribution in [2.24, 2.45) is 12.8 Å². The second-order valence-electron chi connectivity index (χ2n) is 8.37. The number of carbonyl (C=O) groups excluding carboxylic acids is 2. The van der Waals surface area contributed by atoms with Crippen LogP contribution in [0.4, 0.5) is 17.1 Å². The van der Waals surface area contributed by atoms with Gasteiger partial charge in [0.25, 0.3) is 11.8 Å². The lowest BCUT2D eigenvalue weighted by molar-refractivity contribution is 0.0992. The number of fused-ring (bicyclic) bond motifs is 1. The Hall–Kier alpha value is -4.20. The number of hydrogen-bond donors (Lipinski definition) is 3. The van der Waals surface area contributed by atoms with Crippen LogP contribution in [0.2, 0.25) is 0 Å². The van der Waals surface area contributed by atoms with Crippen LogP contribution in [-0.4, -0.2) is 26.6 Å².